The van der Waals surface area contributed by atoms with E-state index in [9.17, 15) is 4.79 Å². The summed E-state index contributed by atoms with van der Waals surface area (Å²) < 4.78 is 0. The van der Waals surface area contributed by atoms with Crippen molar-refractivity contribution in [3.63, 3.8) is 0 Å². The van der Waals surface area contributed by atoms with Gasteiger partial charge in [0.25, 0.3) is 0 Å². The van der Waals surface area contributed by atoms with Crippen molar-refractivity contribution in [1.29, 1.82) is 5.26 Å². The fraction of sp³-hybridized carbons (Fsp3) is 0.571. The van der Waals surface area contributed by atoms with Gasteiger partial charge in [0.05, 0.1) is 12.0 Å². The topological polar surface area (TPSA) is 44.1 Å². The van der Waals surface area contributed by atoms with Crippen LogP contribution >= 0.6 is 11.3 Å². The number of fused-ring (bicyclic) bond motifs is 1. The molecule has 1 aromatic heterocycles. The maximum absolute atomic E-state index is 12.6. The van der Waals surface area contributed by atoms with E-state index in [-0.39, 0.29) is 24.4 Å². The van der Waals surface area contributed by atoms with Gasteiger partial charge in [0.15, 0.2) is 0 Å². The average Bonchev–Trinajstić information content (AvgIpc) is 2.82. The van der Waals surface area contributed by atoms with Gasteiger partial charge in [-0.05, 0) is 50.1 Å². The van der Waals surface area contributed by atoms with E-state index in [0.717, 1.165) is 19.3 Å². The van der Waals surface area contributed by atoms with Crippen molar-refractivity contribution in [1.82, 2.24) is 4.90 Å². The lowest BCUT2D eigenvalue weighted by molar-refractivity contribution is -0.134. The number of nitrogens with zero attached hydrogens (tertiary/aromatic N) is 2. The zero-order chi connectivity index (χ0) is 13.1. The summed E-state index contributed by atoms with van der Waals surface area (Å²) >= 11 is 1.74. The first-order valence-electron chi connectivity index (χ1n) is 6.39. The number of aryl methyl sites for hydroxylation is 1. The predicted molar refractivity (Wildman–Crippen MR) is 72.5 cm³/mol. The first-order chi connectivity index (χ1) is 8.65. The van der Waals surface area contributed by atoms with Gasteiger partial charge in [-0.15, -0.1) is 11.3 Å². The molecule has 1 heterocycles. The second kappa shape index (κ2) is 5.53. The molecule has 0 aromatic carbocycles. The summed E-state index contributed by atoms with van der Waals surface area (Å²) in [6.45, 7) is 4.12. The molecule has 3 nitrogen and oxygen atoms in total. The first-order valence-corrected chi connectivity index (χ1v) is 7.26. The van der Waals surface area contributed by atoms with Crippen LogP contribution in [0.25, 0.3) is 0 Å². The van der Waals surface area contributed by atoms with Gasteiger partial charge in [0.1, 0.15) is 6.54 Å². The molecule has 1 aromatic rings. The third-order valence-electron chi connectivity index (χ3n) is 3.50. The Morgan fingerprint density at radius 1 is 1.67 bits per heavy atom. The van der Waals surface area contributed by atoms with Crippen LogP contribution in [0.4, 0.5) is 0 Å². The fourth-order valence-corrected chi connectivity index (χ4v) is 3.52. The molecule has 1 unspecified atom stereocenters. The molecule has 0 spiro atoms. The highest BCUT2D eigenvalue weighted by Gasteiger charge is 2.31. The van der Waals surface area contributed by atoms with E-state index in [4.69, 9.17) is 5.26 Å². The van der Waals surface area contributed by atoms with Gasteiger partial charge in [-0.3, -0.25) is 4.79 Å². The minimum absolute atomic E-state index is 0.0317. The number of hydrogen-bond acceptors (Lipinski definition) is 3. The molecule has 1 atom stereocenters. The summed E-state index contributed by atoms with van der Waals surface area (Å²) in [5, 5.41) is 10.9. The van der Waals surface area contributed by atoms with Gasteiger partial charge >= 0.3 is 0 Å². The lowest BCUT2D eigenvalue weighted by atomic mass is 9.86. The molecule has 0 fully saturated rings. The molecule has 4 heteroatoms. The number of carbonyl (C=O) groups excluding carboxylic acids is 1. The second-order valence-electron chi connectivity index (χ2n) is 4.96. The van der Waals surface area contributed by atoms with Crippen LogP contribution in [-0.2, 0) is 11.2 Å². The average molecular weight is 262 g/mol. The monoisotopic (exact) mass is 262 g/mol. The van der Waals surface area contributed by atoms with Crippen LogP contribution in [0, 0.1) is 11.3 Å². The quantitative estimate of drug-likeness (QED) is 0.786. The molecule has 1 aliphatic rings. The maximum Gasteiger partial charge on any atom is 0.231 e. The largest absolute Gasteiger partial charge is 0.326 e. The zero-order valence-corrected chi connectivity index (χ0v) is 11.7. The van der Waals surface area contributed by atoms with Gasteiger partial charge in [-0.25, -0.2) is 0 Å². The highest BCUT2D eigenvalue weighted by molar-refractivity contribution is 7.10. The molecular formula is C14H18N2OS. The smallest absolute Gasteiger partial charge is 0.231 e. The minimum Gasteiger partial charge on any atom is -0.326 e. The highest BCUT2D eigenvalue weighted by atomic mass is 32.1. The Kier molecular flexibility index (Phi) is 4.03. The minimum atomic E-state index is -0.0317. The predicted octanol–water partition coefficient (Wildman–Crippen LogP) is 2.93. The van der Waals surface area contributed by atoms with E-state index >= 15 is 0 Å². The van der Waals surface area contributed by atoms with Crippen LogP contribution in [0.2, 0.25) is 0 Å². The molecule has 0 bridgehead atoms. The summed E-state index contributed by atoms with van der Waals surface area (Å²) in [6, 6.07) is 4.26. The van der Waals surface area contributed by atoms with Gasteiger partial charge in [0, 0.05) is 10.9 Å². The van der Waals surface area contributed by atoms with E-state index in [0.29, 0.717) is 0 Å². The molecule has 0 aliphatic heterocycles. The molecule has 1 amide bonds. The fourth-order valence-electron chi connectivity index (χ4n) is 2.53. The van der Waals surface area contributed by atoms with E-state index in [1.54, 1.807) is 16.2 Å². The van der Waals surface area contributed by atoms with Crippen molar-refractivity contribution >= 4 is 17.2 Å². The van der Waals surface area contributed by atoms with Crippen LogP contribution in [0.1, 0.15) is 43.0 Å². The lowest BCUT2D eigenvalue weighted by Gasteiger charge is -2.30. The number of hydrogen-bond donors (Lipinski definition) is 0. The maximum atomic E-state index is 12.6. The van der Waals surface area contributed by atoms with Gasteiger partial charge in [-0.1, -0.05) is 0 Å². The van der Waals surface area contributed by atoms with Gasteiger partial charge in [0.2, 0.25) is 5.91 Å². The van der Waals surface area contributed by atoms with E-state index < -0.39 is 0 Å². The molecule has 0 saturated heterocycles. The molecule has 96 valence electrons. The van der Waals surface area contributed by atoms with Crippen LogP contribution in [-0.4, -0.2) is 23.4 Å². The summed E-state index contributed by atoms with van der Waals surface area (Å²) in [4.78, 5) is 15.6. The van der Waals surface area contributed by atoms with E-state index in [1.807, 2.05) is 13.8 Å². The molecule has 18 heavy (non-hydrogen) atoms. The molecule has 0 saturated carbocycles. The van der Waals surface area contributed by atoms with E-state index in [2.05, 4.69) is 17.5 Å². The molecule has 2 rings (SSSR count). The number of carbonyl (C=O) groups is 1. The molecule has 0 radical (unpaired) electrons. The third-order valence-corrected chi connectivity index (χ3v) is 4.49. The van der Waals surface area contributed by atoms with Crippen molar-refractivity contribution in [3.8, 4) is 6.07 Å². The van der Waals surface area contributed by atoms with E-state index in [1.165, 1.54) is 10.4 Å². The SMILES string of the molecule is CC(C)N(CC#N)C(=O)C1CCCc2sccc21. The summed E-state index contributed by atoms with van der Waals surface area (Å²) in [5.74, 6) is 0.0849. The zero-order valence-electron chi connectivity index (χ0n) is 10.8. The number of nitriles is 1. The molecule has 1 aliphatic carbocycles. The second-order valence-corrected chi connectivity index (χ2v) is 5.96. The van der Waals surface area contributed by atoms with Crippen molar-refractivity contribution in [2.75, 3.05) is 6.54 Å². The molecular weight excluding hydrogens is 244 g/mol. The Bertz CT molecular complexity index is 472. The number of rotatable bonds is 3. The summed E-state index contributed by atoms with van der Waals surface area (Å²) in [7, 11) is 0. The highest BCUT2D eigenvalue weighted by Crippen LogP contribution is 2.36. The van der Waals surface area contributed by atoms with Crippen molar-refractivity contribution in [2.24, 2.45) is 0 Å². The first kappa shape index (κ1) is 13.1. The number of amides is 1. The normalized spacial score (nSPS) is 18.2. The van der Waals surface area contributed by atoms with Crippen molar-refractivity contribution in [3.05, 3.63) is 21.9 Å². The third kappa shape index (κ3) is 2.41. The Labute approximate surface area is 112 Å². The Morgan fingerprint density at radius 2 is 2.44 bits per heavy atom. The van der Waals surface area contributed by atoms with Crippen LogP contribution in [0.15, 0.2) is 11.4 Å². The Balaban J connectivity index is 2.23. The van der Waals surface area contributed by atoms with Crippen LogP contribution in [0.3, 0.4) is 0 Å². The van der Waals surface area contributed by atoms with Crippen LogP contribution in [0.5, 0.6) is 0 Å². The number of thiophene rings is 1. The summed E-state index contributed by atoms with van der Waals surface area (Å²) in [6.07, 6.45) is 3.08. The lowest BCUT2D eigenvalue weighted by Crippen LogP contribution is -2.41. The van der Waals surface area contributed by atoms with Crippen molar-refractivity contribution < 1.29 is 4.79 Å². The standard InChI is InChI=1S/C14H18N2OS/c1-10(2)16(8-7-15)14(17)12-4-3-5-13-11(12)6-9-18-13/h6,9-10,12H,3-5,8H2,1-2H3. The molecule has 0 N–H and O–H groups in total. The Morgan fingerprint density at radius 3 is 3.11 bits per heavy atom. The van der Waals surface area contributed by atoms with Gasteiger partial charge in [-0.2, -0.15) is 5.26 Å². The Hall–Kier alpha value is -1.34. The summed E-state index contributed by atoms with van der Waals surface area (Å²) in [5.41, 5.74) is 1.19. The van der Waals surface area contributed by atoms with Crippen molar-refractivity contribution in [2.45, 2.75) is 45.1 Å². The van der Waals surface area contributed by atoms with Crippen LogP contribution < -0.4 is 0 Å². The van der Waals surface area contributed by atoms with Gasteiger partial charge < -0.3 is 4.90 Å².